The molecular weight excluding hydrogens is 285 g/mol. The van der Waals surface area contributed by atoms with Crippen molar-refractivity contribution in [2.75, 3.05) is 44.2 Å². The summed E-state index contributed by atoms with van der Waals surface area (Å²) in [7, 11) is 0. The third-order valence-electron chi connectivity index (χ3n) is 3.74. The number of hydrogen-bond acceptors (Lipinski definition) is 4. The van der Waals surface area contributed by atoms with Crippen LogP contribution >= 0.6 is 0 Å². The molecule has 1 aromatic rings. The number of nitrogens with zero attached hydrogens (tertiary/aromatic N) is 2. The number of anilines is 1. The van der Waals surface area contributed by atoms with Crippen LogP contribution in [0.15, 0.2) is 18.2 Å². The van der Waals surface area contributed by atoms with E-state index in [1.54, 1.807) is 17.9 Å². The van der Waals surface area contributed by atoms with Gasteiger partial charge in [0, 0.05) is 32.7 Å². The summed E-state index contributed by atoms with van der Waals surface area (Å²) in [4.78, 5) is 15.3. The van der Waals surface area contributed by atoms with Crippen LogP contribution in [0.3, 0.4) is 0 Å². The monoisotopic (exact) mass is 309 g/mol. The third kappa shape index (κ3) is 4.10. The number of amides is 1. The molecule has 22 heavy (non-hydrogen) atoms. The molecule has 1 aliphatic rings. The molecule has 2 rings (SSSR count). The van der Waals surface area contributed by atoms with E-state index in [0.717, 1.165) is 18.7 Å². The maximum atomic E-state index is 14.1. The van der Waals surface area contributed by atoms with E-state index < -0.39 is 0 Å². The van der Waals surface area contributed by atoms with Gasteiger partial charge in [0.15, 0.2) is 0 Å². The highest BCUT2D eigenvalue weighted by atomic mass is 19.1. The second-order valence-electron chi connectivity index (χ2n) is 5.24. The number of carbonyl (C=O) groups is 1. The van der Waals surface area contributed by atoms with Gasteiger partial charge in [0.1, 0.15) is 5.82 Å². The van der Waals surface area contributed by atoms with Crippen LogP contribution in [0, 0.1) is 5.82 Å². The van der Waals surface area contributed by atoms with Gasteiger partial charge in [0.25, 0.3) is 0 Å². The second kappa shape index (κ2) is 7.98. The van der Waals surface area contributed by atoms with Crippen LogP contribution in [0.25, 0.3) is 0 Å². The summed E-state index contributed by atoms with van der Waals surface area (Å²) in [5.41, 5.74) is 1.67. The Morgan fingerprint density at radius 1 is 1.27 bits per heavy atom. The van der Waals surface area contributed by atoms with Crippen molar-refractivity contribution in [3.63, 3.8) is 0 Å². The zero-order valence-electron chi connectivity index (χ0n) is 13.3. The molecule has 0 radical (unpaired) electrons. The van der Waals surface area contributed by atoms with Crippen molar-refractivity contribution >= 4 is 11.8 Å². The third-order valence-corrected chi connectivity index (χ3v) is 3.74. The van der Waals surface area contributed by atoms with Crippen LogP contribution in [0.5, 0.6) is 0 Å². The van der Waals surface area contributed by atoms with Gasteiger partial charge in [-0.2, -0.15) is 0 Å². The highest BCUT2D eigenvalue weighted by molar-refractivity contribution is 5.68. The number of ether oxygens (including phenoxy) is 1. The number of benzene rings is 1. The lowest BCUT2D eigenvalue weighted by atomic mass is 10.1. The predicted octanol–water partition coefficient (Wildman–Crippen LogP) is 2.21. The largest absolute Gasteiger partial charge is 0.450 e. The smallest absolute Gasteiger partial charge is 0.409 e. The molecule has 6 heteroatoms. The molecule has 1 fully saturated rings. The van der Waals surface area contributed by atoms with Crippen LogP contribution in [-0.2, 0) is 11.3 Å². The van der Waals surface area contributed by atoms with E-state index in [1.807, 2.05) is 17.9 Å². The normalized spacial score (nSPS) is 15.0. The molecule has 0 bridgehead atoms. The molecule has 1 N–H and O–H groups in total. The molecule has 1 aromatic carbocycles. The Morgan fingerprint density at radius 2 is 2.00 bits per heavy atom. The van der Waals surface area contributed by atoms with Crippen LogP contribution in [0.4, 0.5) is 14.9 Å². The average Bonchev–Trinajstić information content (AvgIpc) is 2.54. The summed E-state index contributed by atoms with van der Waals surface area (Å²) in [6.07, 6.45) is -0.288. The van der Waals surface area contributed by atoms with E-state index in [4.69, 9.17) is 4.74 Å². The summed E-state index contributed by atoms with van der Waals surface area (Å²) < 4.78 is 19.1. The van der Waals surface area contributed by atoms with Gasteiger partial charge in [-0.15, -0.1) is 0 Å². The number of hydrogen-bond donors (Lipinski definition) is 1. The molecule has 0 aromatic heterocycles. The van der Waals surface area contributed by atoms with Gasteiger partial charge in [-0.25, -0.2) is 9.18 Å². The summed E-state index contributed by atoms with van der Waals surface area (Å²) in [6, 6.07) is 5.20. The number of carbonyl (C=O) groups excluding carboxylic acids is 1. The van der Waals surface area contributed by atoms with Crippen LogP contribution in [0.2, 0.25) is 0 Å². The number of nitrogens with one attached hydrogen (secondary N) is 1. The van der Waals surface area contributed by atoms with E-state index in [2.05, 4.69) is 5.32 Å². The van der Waals surface area contributed by atoms with Gasteiger partial charge in [0.05, 0.1) is 12.3 Å². The molecule has 0 unspecified atom stereocenters. The first-order valence-electron chi connectivity index (χ1n) is 7.81. The second-order valence-corrected chi connectivity index (χ2v) is 5.24. The molecule has 0 spiro atoms. The Labute approximate surface area is 131 Å². The quantitative estimate of drug-likeness (QED) is 0.906. The summed E-state index contributed by atoms with van der Waals surface area (Å²) >= 11 is 0. The Kier molecular flexibility index (Phi) is 6.00. The molecule has 0 saturated carbocycles. The molecule has 1 heterocycles. The fourth-order valence-electron chi connectivity index (χ4n) is 2.52. The van der Waals surface area contributed by atoms with Crippen molar-refractivity contribution in [3.8, 4) is 0 Å². The fraction of sp³-hybridized carbons (Fsp3) is 0.562. The molecule has 0 aliphatic carbocycles. The Balaban J connectivity index is 1.99. The van der Waals surface area contributed by atoms with Crippen LogP contribution in [-0.4, -0.2) is 50.3 Å². The van der Waals surface area contributed by atoms with E-state index in [-0.39, 0.29) is 11.9 Å². The van der Waals surface area contributed by atoms with Gasteiger partial charge >= 0.3 is 6.09 Å². The molecule has 0 atom stereocenters. The van der Waals surface area contributed by atoms with E-state index >= 15 is 0 Å². The maximum Gasteiger partial charge on any atom is 0.409 e. The lowest BCUT2D eigenvalue weighted by Crippen LogP contribution is -2.49. The zero-order valence-corrected chi connectivity index (χ0v) is 13.3. The first-order chi connectivity index (χ1) is 10.7. The number of rotatable bonds is 5. The van der Waals surface area contributed by atoms with Crippen molar-refractivity contribution in [1.82, 2.24) is 10.2 Å². The van der Waals surface area contributed by atoms with Gasteiger partial charge in [0.2, 0.25) is 0 Å². The predicted molar refractivity (Wildman–Crippen MR) is 84.6 cm³/mol. The minimum atomic E-state index is -0.288. The van der Waals surface area contributed by atoms with Crippen LogP contribution in [0.1, 0.15) is 19.4 Å². The van der Waals surface area contributed by atoms with Gasteiger partial charge in [-0.3, -0.25) is 0 Å². The minimum absolute atomic E-state index is 0.218. The maximum absolute atomic E-state index is 14.1. The van der Waals surface area contributed by atoms with Gasteiger partial charge < -0.3 is 19.9 Å². The highest BCUT2D eigenvalue weighted by Gasteiger charge is 2.23. The lowest BCUT2D eigenvalue weighted by molar-refractivity contribution is 0.105. The Morgan fingerprint density at radius 3 is 2.64 bits per heavy atom. The van der Waals surface area contributed by atoms with Gasteiger partial charge in [-0.05, 0) is 31.2 Å². The van der Waals surface area contributed by atoms with E-state index in [9.17, 15) is 9.18 Å². The number of piperazine rings is 1. The SMILES string of the molecule is CCNCc1ccc(F)c(N2CCN(C(=O)OCC)CC2)c1. The summed E-state index contributed by atoms with van der Waals surface area (Å²) in [5, 5.41) is 3.24. The van der Waals surface area contributed by atoms with E-state index in [0.29, 0.717) is 38.5 Å². The molecular formula is C16H24FN3O2. The van der Waals surface area contributed by atoms with Crippen molar-refractivity contribution in [2.24, 2.45) is 0 Å². The van der Waals surface area contributed by atoms with Crippen molar-refractivity contribution < 1.29 is 13.9 Å². The Bertz CT molecular complexity index is 502. The van der Waals surface area contributed by atoms with Crippen molar-refractivity contribution in [2.45, 2.75) is 20.4 Å². The summed E-state index contributed by atoms with van der Waals surface area (Å²) in [5.74, 6) is -0.218. The lowest BCUT2D eigenvalue weighted by Gasteiger charge is -2.35. The van der Waals surface area contributed by atoms with Gasteiger partial charge in [-0.1, -0.05) is 13.0 Å². The molecule has 1 amide bonds. The summed E-state index contributed by atoms with van der Waals surface area (Å²) in [6.45, 7) is 8.14. The minimum Gasteiger partial charge on any atom is -0.450 e. The van der Waals surface area contributed by atoms with Crippen molar-refractivity contribution in [3.05, 3.63) is 29.6 Å². The fourth-order valence-corrected chi connectivity index (χ4v) is 2.52. The molecule has 1 aliphatic heterocycles. The molecule has 1 saturated heterocycles. The molecule has 5 nitrogen and oxygen atoms in total. The van der Waals surface area contributed by atoms with E-state index in [1.165, 1.54) is 6.07 Å². The number of halogens is 1. The first kappa shape index (κ1) is 16.5. The highest BCUT2D eigenvalue weighted by Crippen LogP contribution is 2.22. The van der Waals surface area contributed by atoms with Crippen LogP contribution < -0.4 is 10.2 Å². The van der Waals surface area contributed by atoms with Crippen molar-refractivity contribution in [1.29, 1.82) is 0 Å². The molecule has 122 valence electrons. The average molecular weight is 309 g/mol. The first-order valence-corrected chi connectivity index (χ1v) is 7.81. The zero-order chi connectivity index (χ0) is 15.9. The Hall–Kier alpha value is -1.82. The topological polar surface area (TPSA) is 44.8 Å². The standard InChI is InChI=1S/C16H24FN3O2/c1-3-18-12-13-5-6-14(17)15(11-13)19-7-9-20(10-8-19)16(21)22-4-2/h5-6,11,18H,3-4,7-10,12H2,1-2H3.